The van der Waals surface area contributed by atoms with Crippen LogP contribution in [-0.4, -0.2) is 19.5 Å². The van der Waals surface area contributed by atoms with Crippen LogP contribution in [0.1, 0.15) is 0 Å². The molecular weight excluding hydrogens is 320 g/mol. The Labute approximate surface area is 123 Å². The lowest BCUT2D eigenvalue weighted by molar-refractivity contribution is 0.220. The van der Waals surface area contributed by atoms with Gasteiger partial charge in [0.1, 0.15) is 4.60 Å². The molecule has 5 nitrogen and oxygen atoms in total. The molecule has 3 heterocycles. The molecule has 6 heteroatoms. The normalized spacial score (nSPS) is 12.4. The molecule has 4 rings (SSSR count). The molecule has 1 aliphatic heterocycles. The van der Waals surface area contributed by atoms with Crippen LogP contribution in [0.25, 0.3) is 22.8 Å². The van der Waals surface area contributed by atoms with Gasteiger partial charge < -0.3 is 4.74 Å². The molecule has 20 heavy (non-hydrogen) atoms. The van der Waals surface area contributed by atoms with Gasteiger partial charge in [0.15, 0.2) is 18.2 Å². The lowest BCUT2D eigenvalue weighted by Crippen LogP contribution is -2.15. The average molecular weight is 329 g/mol. The van der Waals surface area contributed by atoms with Crippen LogP contribution < -0.4 is 4.74 Å². The van der Waals surface area contributed by atoms with Crippen molar-refractivity contribution in [1.29, 1.82) is 0 Å². The summed E-state index contributed by atoms with van der Waals surface area (Å²) in [5, 5.41) is 0. The maximum Gasteiger partial charge on any atom is 0.245 e. The van der Waals surface area contributed by atoms with E-state index < -0.39 is 0 Å². The highest BCUT2D eigenvalue weighted by atomic mass is 79.9. The van der Waals surface area contributed by atoms with Crippen molar-refractivity contribution in [1.82, 2.24) is 19.5 Å². The molecule has 1 aromatic carbocycles. The zero-order chi connectivity index (χ0) is 13.5. The highest BCUT2D eigenvalue weighted by Crippen LogP contribution is 2.37. The van der Waals surface area contributed by atoms with Crippen molar-refractivity contribution in [2.45, 2.75) is 6.73 Å². The Kier molecular flexibility index (Phi) is 2.56. The van der Waals surface area contributed by atoms with E-state index in [1.54, 1.807) is 12.4 Å². The monoisotopic (exact) mass is 328 g/mol. The molecule has 2 aromatic heterocycles. The molecule has 0 aliphatic carbocycles. The van der Waals surface area contributed by atoms with Gasteiger partial charge in [0.05, 0.1) is 5.69 Å². The van der Waals surface area contributed by atoms with E-state index in [4.69, 9.17) is 4.74 Å². The Hall–Kier alpha value is -2.21. The summed E-state index contributed by atoms with van der Waals surface area (Å²) in [7, 11) is 0. The summed E-state index contributed by atoms with van der Waals surface area (Å²) in [6.45, 7) is 0.379. The second-order valence-corrected chi connectivity index (χ2v) is 5.10. The van der Waals surface area contributed by atoms with E-state index in [1.165, 1.54) is 0 Å². The molecule has 0 atom stereocenters. The van der Waals surface area contributed by atoms with Gasteiger partial charge in [0.2, 0.25) is 5.88 Å². The first-order valence-corrected chi connectivity index (χ1v) is 6.89. The van der Waals surface area contributed by atoms with E-state index in [9.17, 15) is 0 Å². The van der Waals surface area contributed by atoms with Crippen LogP contribution in [0, 0.1) is 0 Å². The number of aromatic nitrogens is 4. The van der Waals surface area contributed by atoms with E-state index in [2.05, 4.69) is 30.9 Å². The molecule has 98 valence electrons. The fraction of sp³-hybridized carbons (Fsp3) is 0.0714. The Morgan fingerprint density at radius 1 is 1.10 bits per heavy atom. The molecule has 0 saturated heterocycles. The first-order chi connectivity index (χ1) is 9.84. The summed E-state index contributed by atoms with van der Waals surface area (Å²) in [4.78, 5) is 13.1. The van der Waals surface area contributed by atoms with E-state index >= 15 is 0 Å². The standard InChI is InChI=1S/C14H9BrN4O/c15-12-11(9-4-2-1-3-5-9)19-8-20-14-10(13(19)18-12)16-6-7-17-14/h1-7H,8H2. The largest absolute Gasteiger partial charge is 0.454 e. The van der Waals surface area contributed by atoms with Crippen LogP contribution in [0.5, 0.6) is 5.88 Å². The van der Waals surface area contributed by atoms with Crippen molar-refractivity contribution in [3.63, 3.8) is 0 Å². The predicted octanol–water partition coefficient (Wildman–Crippen LogP) is 3.12. The quantitative estimate of drug-likeness (QED) is 0.688. The highest BCUT2D eigenvalue weighted by molar-refractivity contribution is 9.10. The number of halogens is 1. The summed E-state index contributed by atoms with van der Waals surface area (Å²) in [6, 6.07) is 10.1. The molecule has 1 aliphatic rings. The molecule has 0 radical (unpaired) electrons. The van der Waals surface area contributed by atoms with Gasteiger partial charge in [0, 0.05) is 18.0 Å². The molecule has 0 fully saturated rings. The van der Waals surface area contributed by atoms with Gasteiger partial charge in [-0.1, -0.05) is 30.3 Å². The smallest absolute Gasteiger partial charge is 0.245 e. The number of rotatable bonds is 1. The van der Waals surface area contributed by atoms with Gasteiger partial charge in [-0.15, -0.1) is 0 Å². The molecule has 0 saturated carbocycles. The lowest BCUT2D eigenvalue weighted by atomic mass is 10.2. The van der Waals surface area contributed by atoms with Crippen molar-refractivity contribution >= 4 is 15.9 Å². The summed E-state index contributed by atoms with van der Waals surface area (Å²) in [6.07, 6.45) is 3.26. The molecule has 0 unspecified atom stereocenters. The zero-order valence-corrected chi connectivity index (χ0v) is 11.9. The number of imidazole rings is 1. The fourth-order valence-corrected chi connectivity index (χ4v) is 2.92. The van der Waals surface area contributed by atoms with Gasteiger partial charge in [-0.05, 0) is 15.9 Å². The second-order valence-electron chi connectivity index (χ2n) is 4.35. The number of fused-ring (bicyclic) bond motifs is 3. The number of benzene rings is 1. The Balaban J connectivity index is 1.97. The van der Waals surface area contributed by atoms with Crippen molar-refractivity contribution < 1.29 is 4.74 Å². The van der Waals surface area contributed by atoms with Crippen molar-refractivity contribution in [3.05, 3.63) is 47.3 Å². The number of hydrogen-bond donors (Lipinski definition) is 0. The van der Waals surface area contributed by atoms with Crippen molar-refractivity contribution in [3.8, 4) is 28.7 Å². The van der Waals surface area contributed by atoms with Crippen LogP contribution in [0.15, 0.2) is 47.3 Å². The molecule has 0 amide bonds. The molecule has 0 N–H and O–H groups in total. The Bertz CT molecular complexity index is 785. The highest BCUT2D eigenvalue weighted by Gasteiger charge is 2.26. The van der Waals surface area contributed by atoms with Crippen LogP contribution >= 0.6 is 15.9 Å². The third kappa shape index (κ3) is 1.65. The average Bonchev–Trinajstić information content (AvgIpc) is 2.84. The third-order valence-corrected chi connectivity index (χ3v) is 3.73. The molecule has 3 aromatic rings. The van der Waals surface area contributed by atoms with Crippen molar-refractivity contribution in [2.75, 3.05) is 0 Å². The van der Waals surface area contributed by atoms with Crippen LogP contribution in [0.2, 0.25) is 0 Å². The Morgan fingerprint density at radius 3 is 2.75 bits per heavy atom. The van der Waals surface area contributed by atoms with Gasteiger partial charge in [-0.25, -0.2) is 15.0 Å². The lowest BCUT2D eigenvalue weighted by Gasteiger charge is -2.18. The fourth-order valence-electron chi connectivity index (χ4n) is 2.31. The minimum atomic E-state index is 0.379. The Morgan fingerprint density at radius 2 is 1.90 bits per heavy atom. The SMILES string of the molecule is Brc1nc2n(c1-c1ccccc1)COc1nccnc1-2. The summed E-state index contributed by atoms with van der Waals surface area (Å²) in [5.74, 6) is 1.29. The minimum absolute atomic E-state index is 0.379. The van der Waals surface area contributed by atoms with Crippen LogP contribution in [0.3, 0.4) is 0 Å². The maximum atomic E-state index is 5.65. The minimum Gasteiger partial charge on any atom is -0.454 e. The van der Waals surface area contributed by atoms with E-state index in [-0.39, 0.29) is 0 Å². The van der Waals surface area contributed by atoms with Gasteiger partial charge in [-0.3, -0.25) is 4.57 Å². The molecule has 0 spiro atoms. The van der Waals surface area contributed by atoms with Gasteiger partial charge >= 0.3 is 0 Å². The van der Waals surface area contributed by atoms with Crippen molar-refractivity contribution in [2.24, 2.45) is 0 Å². The van der Waals surface area contributed by atoms with Gasteiger partial charge in [-0.2, -0.15) is 0 Å². The molecule has 0 bridgehead atoms. The molecular formula is C14H9BrN4O. The zero-order valence-electron chi connectivity index (χ0n) is 10.3. The van der Waals surface area contributed by atoms with Crippen LogP contribution in [0.4, 0.5) is 0 Å². The summed E-state index contributed by atoms with van der Waals surface area (Å²) >= 11 is 3.53. The predicted molar refractivity (Wildman–Crippen MR) is 77.0 cm³/mol. The topological polar surface area (TPSA) is 52.8 Å². The van der Waals surface area contributed by atoms with E-state index in [1.807, 2.05) is 34.9 Å². The number of nitrogens with zero attached hydrogens (tertiary/aromatic N) is 4. The first-order valence-electron chi connectivity index (χ1n) is 6.10. The maximum absolute atomic E-state index is 5.65. The van der Waals surface area contributed by atoms with Crippen LogP contribution in [-0.2, 0) is 6.73 Å². The summed E-state index contributed by atoms with van der Waals surface area (Å²) in [5.41, 5.74) is 2.73. The van der Waals surface area contributed by atoms with E-state index in [0.717, 1.165) is 21.7 Å². The number of ether oxygens (including phenoxy) is 1. The number of hydrogen-bond acceptors (Lipinski definition) is 4. The van der Waals surface area contributed by atoms with E-state index in [0.29, 0.717) is 18.3 Å². The van der Waals surface area contributed by atoms with Gasteiger partial charge in [0.25, 0.3) is 0 Å². The third-order valence-electron chi connectivity index (χ3n) is 3.18. The first kappa shape index (κ1) is 11.6. The summed E-state index contributed by atoms with van der Waals surface area (Å²) < 4.78 is 8.43. The second kappa shape index (κ2) is 4.42.